The monoisotopic (exact) mass is 232 g/mol. The van der Waals surface area contributed by atoms with E-state index >= 15 is 0 Å². The van der Waals surface area contributed by atoms with Crippen LogP contribution >= 0.6 is 0 Å². The summed E-state index contributed by atoms with van der Waals surface area (Å²) in [5, 5.41) is 12.7. The van der Waals surface area contributed by atoms with Crippen molar-refractivity contribution >= 4 is 5.69 Å². The molecule has 0 spiro atoms. The first kappa shape index (κ1) is 13.4. The second-order valence-electron chi connectivity index (χ2n) is 4.12. The summed E-state index contributed by atoms with van der Waals surface area (Å²) in [6.07, 6.45) is 2.58. The van der Waals surface area contributed by atoms with E-state index in [-0.39, 0.29) is 0 Å². The van der Waals surface area contributed by atoms with Gasteiger partial charge in [0.2, 0.25) is 0 Å². The molecule has 1 atom stereocenters. The maximum atomic E-state index is 9.38. The number of para-hydroxylation sites is 2. The van der Waals surface area contributed by atoms with Crippen LogP contribution in [0, 0.1) is 11.3 Å². The van der Waals surface area contributed by atoms with E-state index in [9.17, 15) is 5.26 Å². The fraction of sp³-hybridized carbons (Fsp3) is 0.500. The zero-order valence-corrected chi connectivity index (χ0v) is 10.8. The Kier molecular flexibility index (Phi) is 4.84. The molecular formula is C14H20N2O. The smallest absolute Gasteiger partial charge is 0.141 e. The lowest BCUT2D eigenvalue weighted by Crippen LogP contribution is -2.35. The van der Waals surface area contributed by atoms with Gasteiger partial charge in [0.05, 0.1) is 18.9 Å². The average molecular weight is 232 g/mol. The highest BCUT2D eigenvalue weighted by Gasteiger charge is 2.27. The Morgan fingerprint density at radius 3 is 2.59 bits per heavy atom. The summed E-state index contributed by atoms with van der Waals surface area (Å²) < 4.78 is 5.29. The van der Waals surface area contributed by atoms with Crippen LogP contribution in [0.5, 0.6) is 5.75 Å². The van der Waals surface area contributed by atoms with Gasteiger partial charge in [-0.3, -0.25) is 0 Å². The lowest BCUT2D eigenvalue weighted by molar-refractivity contribution is 0.413. The Morgan fingerprint density at radius 1 is 1.35 bits per heavy atom. The molecule has 0 aromatic heterocycles. The highest BCUT2D eigenvalue weighted by atomic mass is 16.5. The van der Waals surface area contributed by atoms with Crippen molar-refractivity contribution < 1.29 is 4.74 Å². The Morgan fingerprint density at radius 2 is 2.06 bits per heavy atom. The second-order valence-corrected chi connectivity index (χ2v) is 4.12. The number of hydrogen-bond acceptors (Lipinski definition) is 3. The summed E-state index contributed by atoms with van der Waals surface area (Å²) in [5.74, 6) is 0.775. The maximum Gasteiger partial charge on any atom is 0.141 e. The molecule has 1 N–H and O–H groups in total. The molecule has 0 aliphatic heterocycles. The molecular weight excluding hydrogens is 212 g/mol. The molecule has 3 nitrogen and oxygen atoms in total. The van der Waals surface area contributed by atoms with E-state index in [1.165, 1.54) is 0 Å². The number of ether oxygens (including phenoxy) is 1. The molecule has 1 unspecified atom stereocenters. The van der Waals surface area contributed by atoms with Crippen molar-refractivity contribution in [1.29, 1.82) is 5.26 Å². The van der Waals surface area contributed by atoms with Gasteiger partial charge < -0.3 is 10.1 Å². The largest absolute Gasteiger partial charge is 0.495 e. The third kappa shape index (κ3) is 3.13. The molecule has 1 aromatic rings. The van der Waals surface area contributed by atoms with Crippen LogP contribution in [0.4, 0.5) is 5.69 Å². The van der Waals surface area contributed by atoms with Gasteiger partial charge in [-0.1, -0.05) is 32.4 Å². The summed E-state index contributed by atoms with van der Waals surface area (Å²) in [4.78, 5) is 0. The van der Waals surface area contributed by atoms with Gasteiger partial charge in [-0.05, 0) is 25.0 Å². The molecule has 0 saturated carbocycles. The Bertz CT molecular complexity index is 397. The van der Waals surface area contributed by atoms with Gasteiger partial charge in [0.25, 0.3) is 0 Å². The minimum Gasteiger partial charge on any atom is -0.495 e. The normalized spacial score (nSPS) is 13.5. The van der Waals surface area contributed by atoms with Gasteiger partial charge in [-0.2, -0.15) is 5.26 Å². The number of hydrogen-bond donors (Lipinski definition) is 1. The van der Waals surface area contributed by atoms with Gasteiger partial charge in [-0.15, -0.1) is 0 Å². The number of nitrogens with zero attached hydrogens (tertiary/aromatic N) is 1. The molecule has 0 aliphatic carbocycles. The van der Waals surface area contributed by atoms with Crippen LogP contribution in [-0.2, 0) is 0 Å². The Hall–Kier alpha value is -1.69. The van der Waals surface area contributed by atoms with Crippen LogP contribution < -0.4 is 10.1 Å². The van der Waals surface area contributed by atoms with Gasteiger partial charge in [0.1, 0.15) is 11.3 Å². The van der Waals surface area contributed by atoms with Crippen molar-refractivity contribution in [3.63, 3.8) is 0 Å². The number of benzene rings is 1. The first-order chi connectivity index (χ1) is 8.21. The van der Waals surface area contributed by atoms with Crippen molar-refractivity contribution in [2.45, 2.75) is 38.6 Å². The second kappa shape index (κ2) is 6.15. The maximum absolute atomic E-state index is 9.38. The summed E-state index contributed by atoms with van der Waals surface area (Å²) in [7, 11) is 1.64. The molecule has 0 saturated heterocycles. The van der Waals surface area contributed by atoms with Crippen molar-refractivity contribution in [2.75, 3.05) is 12.4 Å². The Labute approximate surface area is 103 Å². The van der Waals surface area contributed by atoms with Crippen molar-refractivity contribution in [3.8, 4) is 11.8 Å². The molecule has 0 radical (unpaired) electrons. The van der Waals surface area contributed by atoms with Crippen LogP contribution in [-0.4, -0.2) is 12.6 Å². The number of rotatable bonds is 6. The number of methoxy groups -OCH3 is 1. The van der Waals surface area contributed by atoms with Gasteiger partial charge >= 0.3 is 0 Å². The van der Waals surface area contributed by atoms with Gasteiger partial charge in [0.15, 0.2) is 0 Å². The third-order valence-electron chi connectivity index (χ3n) is 2.98. The van der Waals surface area contributed by atoms with Crippen LogP contribution in [0.25, 0.3) is 0 Å². The summed E-state index contributed by atoms with van der Waals surface area (Å²) in [5.41, 5.74) is 0.385. The molecule has 3 heteroatoms. The average Bonchev–Trinajstić information content (AvgIpc) is 2.38. The molecule has 17 heavy (non-hydrogen) atoms. The first-order valence-electron chi connectivity index (χ1n) is 6.03. The fourth-order valence-electron chi connectivity index (χ4n) is 1.92. The number of nitriles is 1. The minimum absolute atomic E-state index is 0.497. The van der Waals surface area contributed by atoms with Gasteiger partial charge in [0, 0.05) is 0 Å². The van der Waals surface area contributed by atoms with Crippen molar-refractivity contribution in [2.24, 2.45) is 0 Å². The molecule has 0 aliphatic rings. The topological polar surface area (TPSA) is 45.0 Å². The fourth-order valence-corrected chi connectivity index (χ4v) is 1.92. The zero-order chi connectivity index (χ0) is 12.7. The van der Waals surface area contributed by atoms with E-state index in [4.69, 9.17) is 4.74 Å². The van der Waals surface area contributed by atoms with E-state index in [1.807, 2.05) is 31.2 Å². The highest BCUT2D eigenvalue weighted by Crippen LogP contribution is 2.29. The summed E-state index contributed by atoms with van der Waals surface area (Å²) in [6, 6.07) is 10.1. The standard InChI is InChI=1S/C14H20N2O/c1-4-10-14(5-2,11-15)16-12-8-6-7-9-13(12)17-3/h6-9,16H,4-5,10H2,1-3H3. The van der Waals surface area contributed by atoms with E-state index in [1.54, 1.807) is 7.11 Å². The quantitative estimate of drug-likeness (QED) is 0.815. The summed E-state index contributed by atoms with van der Waals surface area (Å²) >= 11 is 0. The van der Waals surface area contributed by atoms with Crippen LogP contribution in [0.2, 0.25) is 0 Å². The van der Waals surface area contributed by atoms with Gasteiger partial charge in [-0.25, -0.2) is 0 Å². The molecule has 0 fully saturated rings. The lowest BCUT2D eigenvalue weighted by Gasteiger charge is -2.28. The van der Waals surface area contributed by atoms with Crippen molar-refractivity contribution in [1.82, 2.24) is 0 Å². The number of nitrogens with one attached hydrogen (secondary N) is 1. The van der Waals surface area contributed by atoms with E-state index < -0.39 is 5.54 Å². The van der Waals surface area contributed by atoms with Crippen LogP contribution in [0.1, 0.15) is 33.1 Å². The first-order valence-corrected chi connectivity index (χ1v) is 6.03. The molecule has 0 amide bonds. The van der Waals surface area contributed by atoms with Crippen LogP contribution in [0.3, 0.4) is 0 Å². The number of anilines is 1. The summed E-state index contributed by atoms with van der Waals surface area (Å²) in [6.45, 7) is 4.12. The molecule has 0 bridgehead atoms. The minimum atomic E-state index is -0.497. The molecule has 0 heterocycles. The Balaban J connectivity index is 2.97. The third-order valence-corrected chi connectivity index (χ3v) is 2.98. The predicted molar refractivity (Wildman–Crippen MR) is 70.2 cm³/mol. The van der Waals surface area contributed by atoms with E-state index in [0.717, 1.165) is 30.7 Å². The molecule has 1 aromatic carbocycles. The highest BCUT2D eigenvalue weighted by molar-refractivity contribution is 5.58. The van der Waals surface area contributed by atoms with Crippen LogP contribution in [0.15, 0.2) is 24.3 Å². The SMILES string of the molecule is CCCC(C#N)(CC)Nc1ccccc1OC. The van der Waals surface area contributed by atoms with E-state index in [0.29, 0.717) is 0 Å². The predicted octanol–water partition coefficient (Wildman–Crippen LogP) is 3.58. The molecule has 1 rings (SSSR count). The molecule has 92 valence electrons. The zero-order valence-electron chi connectivity index (χ0n) is 10.8. The van der Waals surface area contributed by atoms with E-state index in [2.05, 4.69) is 18.3 Å². The van der Waals surface area contributed by atoms with Crippen molar-refractivity contribution in [3.05, 3.63) is 24.3 Å². The lowest BCUT2D eigenvalue weighted by atomic mass is 9.92.